The Labute approximate surface area is 180 Å². The summed E-state index contributed by atoms with van der Waals surface area (Å²) < 4.78 is 5.73. The Kier molecular flexibility index (Phi) is 6.42. The molecule has 31 heavy (non-hydrogen) atoms. The minimum atomic E-state index is -0.356. The first-order valence-electron chi connectivity index (χ1n) is 10.4. The average molecular weight is 415 g/mol. The second-order valence-electron chi connectivity index (χ2n) is 7.24. The van der Waals surface area contributed by atoms with E-state index < -0.39 is 0 Å². The van der Waals surface area contributed by atoms with Crippen LogP contribution >= 0.6 is 0 Å². The summed E-state index contributed by atoms with van der Waals surface area (Å²) in [4.78, 5) is 15.6. The highest BCUT2D eigenvalue weighted by Crippen LogP contribution is 2.21. The fraction of sp³-hybridized carbons (Fsp3) is 0.208. The smallest absolute Gasteiger partial charge is 0.289 e. The lowest BCUT2D eigenvalue weighted by molar-refractivity contribution is 0.0950. The maximum atomic E-state index is 12.4. The first kappa shape index (κ1) is 20.4. The molecule has 4 rings (SSSR count). The number of aromatic amines is 2. The van der Waals surface area contributed by atoms with Crippen molar-refractivity contribution in [2.45, 2.75) is 26.2 Å². The number of aromatic nitrogens is 3. The molecular formula is C24H25N5O2. The average Bonchev–Trinajstić information content (AvgIpc) is 3.45. The quantitative estimate of drug-likeness (QED) is 0.206. The minimum absolute atomic E-state index is 0.339. The van der Waals surface area contributed by atoms with Gasteiger partial charge >= 0.3 is 0 Å². The summed E-state index contributed by atoms with van der Waals surface area (Å²) in [6, 6.07) is 17.3. The van der Waals surface area contributed by atoms with E-state index in [2.05, 4.69) is 32.6 Å². The summed E-state index contributed by atoms with van der Waals surface area (Å²) in [7, 11) is 0. The summed E-state index contributed by atoms with van der Waals surface area (Å²) >= 11 is 0. The first-order valence-corrected chi connectivity index (χ1v) is 10.4. The van der Waals surface area contributed by atoms with E-state index in [1.165, 1.54) is 12.8 Å². The summed E-state index contributed by atoms with van der Waals surface area (Å²) in [5.41, 5.74) is 6.38. The molecule has 0 aliphatic rings. The van der Waals surface area contributed by atoms with Crippen molar-refractivity contribution in [2.75, 3.05) is 6.61 Å². The number of amides is 1. The minimum Gasteiger partial charge on any atom is -0.494 e. The number of fused-ring (bicyclic) bond motifs is 1. The maximum Gasteiger partial charge on any atom is 0.289 e. The van der Waals surface area contributed by atoms with Gasteiger partial charge in [0, 0.05) is 28.2 Å². The molecule has 2 aromatic heterocycles. The predicted octanol–water partition coefficient (Wildman–Crippen LogP) is 4.89. The van der Waals surface area contributed by atoms with E-state index in [1.54, 1.807) is 12.3 Å². The lowest BCUT2D eigenvalue weighted by Gasteiger charge is -2.06. The largest absolute Gasteiger partial charge is 0.494 e. The van der Waals surface area contributed by atoms with Crippen molar-refractivity contribution in [1.82, 2.24) is 20.6 Å². The van der Waals surface area contributed by atoms with E-state index in [1.807, 2.05) is 54.7 Å². The van der Waals surface area contributed by atoms with Gasteiger partial charge in [-0.05, 0) is 42.8 Å². The van der Waals surface area contributed by atoms with Crippen molar-refractivity contribution in [3.05, 3.63) is 72.1 Å². The number of H-pyrrole nitrogens is 2. The highest BCUT2D eigenvalue weighted by atomic mass is 16.5. The molecule has 0 unspecified atom stereocenters. The van der Waals surface area contributed by atoms with Crippen LogP contribution in [0.3, 0.4) is 0 Å². The van der Waals surface area contributed by atoms with E-state index in [0.717, 1.165) is 40.8 Å². The number of ether oxygens (including phenoxy) is 1. The van der Waals surface area contributed by atoms with Crippen LogP contribution in [-0.4, -0.2) is 33.9 Å². The molecule has 7 heteroatoms. The van der Waals surface area contributed by atoms with Crippen LogP contribution in [0.4, 0.5) is 0 Å². The lowest BCUT2D eigenvalue weighted by Crippen LogP contribution is -2.17. The van der Waals surface area contributed by atoms with Crippen molar-refractivity contribution in [3.8, 4) is 17.0 Å². The normalized spacial score (nSPS) is 11.3. The lowest BCUT2D eigenvalue weighted by atomic mass is 10.1. The SMILES string of the molecule is CCCCCOc1ccc(-c2cc(C(=O)N/N=C/c3c[nH]c4ccccc34)[nH]n2)cc1. The van der Waals surface area contributed by atoms with E-state index in [0.29, 0.717) is 11.4 Å². The van der Waals surface area contributed by atoms with Crippen LogP contribution in [0.25, 0.3) is 22.2 Å². The number of unbranched alkanes of at least 4 members (excludes halogenated alkanes) is 2. The molecular weight excluding hydrogens is 390 g/mol. The molecule has 0 radical (unpaired) electrons. The Morgan fingerprint density at radius 3 is 2.84 bits per heavy atom. The second-order valence-corrected chi connectivity index (χ2v) is 7.24. The Bertz CT molecular complexity index is 1170. The molecule has 1 amide bonds. The van der Waals surface area contributed by atoms with Crippen molar-refractivity contribution >= 4 is 23.0 Å². The molecule has 2 aromatic carbocycles. The zero-order valence-corrected chi connectivity index (χ0v) is 17.4. The standard InChI is InChI=1S/C24H25N5O2/c1-2-3-6-13-31-19-11-9-17(10-12-19)22-14-23(28-27-22)24(30)29-26-16-18-15-25-21-8-5-4-7-20(18)21/h4-5,7-12,14-16,25H,2-3,6,13H2,1H3,(H,27,28)(H,29,30)/b26-16+. The number of carbonyl (C=O) groups is 1. The molecule has 0 aliphatic heterocycles. The van der Waals surface area contributed by atoms with Crippen molar-refractivity contribution in [3.63, 3.8) is 0 Å². The van der Waals surface area contributed by atoms with Gasteiger partial charge in [0.15, 0.2) is 0 Å². The zero-order valence-electron chi connectivity index (χ0n) is 17.4. The van der Waals surface area contributed by atoms with E-state index in [9.17, 15) is 4.79 Å². The number of para-hydroxylation sites is 1. The van der Waals surface area contributed by atoms with Gasteiger partial charge in [0.2, 0.25) is 0 Å². The van der Waals surface area contributed by atoms with Crippen molar-refractivity contribution in [2.24, 2.45) is 5.10 Å². The third kappa shape index (κ3) is 5.01. The van der Waals surface area contributed by atoms with Gasteiger partial charge in [-0.1, -0.05) is 38.0 Å². The molecule has 7 nitrogen and oxygen atoms in total. The maximum absolute atomic E-state index is 12.4. The van der Waals surface area contributed by atoms with Gasteiger partial charge in [-0.3, -0.25) is 9.89 Å². The molecule has 0 spiro atoms. The number of nitrogens with zero attached hydrogens (tertiary/aromatic N) is 2. The molecule has 4 aromatic rings. The fourth-order valence-electron chi connectivity index (χ4n) is 3.27. The third-order valence-corrected chi connectivity index (χ3v) is 4.98. The Morgan fingerprint density at radius 1 is 1.16 bits per heavy atom. The van der Waals surface area contributed by atoms with E-state index >= 15 is 0 Å². The molecule has 0 fully saturated rings. The monoisotopic (exact) mass is 415 g/mol. The number of nitrogens with one attached hydrogen (secondary N) is 3. The Hall–Kier alpha value is -3.87. The van der Waals surface area contributed by atoms with Crippen LogP contribution in [0.1, 0.15) is 42.2 Å². The summed E-state index contributed by atoms with van der Waals surface area (Å²) in [5.74, 6) is 0.477. The Balaban J connectivity index is 1.35. The van der Waals surface area contributed by atoms with Gasteiger partial charge < -0.3 is 9.72 Å². The summed E-state index contributed by atoms with van der Waals surface area (Å²) in [6.07, 6.45) is 6.87. The van der Waals surface area contributed by atoms with Crippen LogP contribution in [0.2, 0.25) is 0 Å². The Morgan fingerprint density at radius 2 is 2.00 bits per heavy atom. The molecule has 0 aliphatic carbocycles. The van der Waals surface area contributed by atoms with Gasteiger partial charge in [0.1, 0.15) is 11.4 Å². The number of hydrogen-bond donors (Lipinski definition) is 3. The number of benzene rings is 2. The summed E-state index contributed by atoms with van der Waals surface area (Å²) in [5, 5.41) is 12.1. The number of rotatable bonds is 9. The highest BCUT2D eigenvalue weighted by Gasteiger charge is 2.11. The number of hydrogen-bond acceptors (Lipinski definition) is 4. The van der Waals surface area contributed by atoms with E-state index in [4.69, 9.17) is 4.74 Å². The molecule has 0 atom stereocenters. The number of carbonyl (C=O) groups excluding carboxylic acids is 1. The van der Waals surface area contributed by atoms with Crippen molar-refractivity contribution < 1.29 is 9.53 Å². The third-order valence-electron chi connectivity index (χ3n) is 4.98. The van der Waals surface area contributed by atoms with Crippen LogP contribution in [0, 0.1) is 0 Å². The van der Waals surface area contributed by atoms with Crippen LogP contribution in [0.15, 0.2) is 65.9 Å². The van der Waals surface area contributed by atoms with Crippen molar-refractivity contribution in [1.29, 1.82) is 0 Å². The van der Waals surface area contributed by atoms with Gasteiger partial charge in [0.05, 0.1) is 18.5 Å². The molecule has 0 saturated heterocycles. The highest BCUT2D eigenvalue weighted by molar-refractivity contribution is 6.00. The van der Waals surface area contributed by atoms with Gasteiger partial charge in [0.25, 0.3) is 5.91 Å². The van der Waals surface area contributed by atoms with Crippen LogP contribution < -0.4 is 10.2 Å². The first-order chi connectivity index (χ1) is 15.2. The number of hydrazone groups is 1. The van der Waals surface area contributed by atoms with Crippen LogP contribution in [0.5, 0.6) is 5.75 Å². The molecule has 0 saturated carbocycles. The fourth-order valence-corrected chi connectivity index (χ4v) is 3.27. The van der Waals surface area contributed by atoms with Crippen LogP contribution in [-0.2, 0) is 0 Å². The molecule has 2 heterocycles. The van der Waals surface area contributed by atoms with Gasteiger partial charge in [-0.25, -0.2) is 5.43 Å². The zero-order chi connectivity index (χ0) is 21.5. The van der Waals surface area contributed by atoms with Gasteiger partial charge in [-0.15, -0.1) is 0 Å². The molecule has 0 bridgehead atoms. The predicted molar refractivity (Wildman–Crippen MR) is 122 cm³/mol. The summed E-state index contributed by atoms with van der Waals surface area (Å²) in [6.45, 7) is 2.89. The molecule has 158 valence electrons. The second kappa shape index (κ2) is 9.75. The van der Waals surface area contributed by atoms with E-state index in [-0.39, 0.29) is 5.91 Å². The van der Waals surface area contributed by atoms with Gasteiger partial charge in [-0.2, -0.15) is 10.2 Å². The molecule has 3 N–H and O–H groups in total. The topological polar surface area (TPSA) is 95.2 Å².